The van der Waals surface area contributed by atoms with Gasteiger partial charge in [-0.2, -0.15) is 4.98 Å². The molecule has 212 valence electrons. The molecule has 4 aromatic rings. The van der Waals surface area contributed by atoms with Crippen molar-refractivity contribution in [1.29, 1.82) is 0 Å². The van der Waals surface area contributed by atoms with Crippen LogP contribution in [0.2, 0.25) is 10.0 Å². The SMILES string of the molecule is C=CC(=O)N1CCN(c2nc(=O)n(-c3cnccc3S(C)(=O)=O)c3nc(-c4c(F)cccc4Cl)c(Cl)cc23)[C@@H](C)C1. The highest BCUT2D eigenvalue weighted by Gasteiger charge is 2.30. The normalized spacial score (nSPS) is 15.8. The Morgan fingerprint density at radius 2 is 1.93 bits per heavy atom. The number of hydrogen-bond acceptors (Lipinski definition) is 8. The van der Waals surface area contributed by atoms with E-state index >= 15 is 0 Å². The molecular weight excluding hydrogens is 594 g/mol. The van der Waals surface area contributed by atoms with Gasteiger partial charge in [-0.3, -0.25) is 9.78 Å². The molecule has 0 N–H and O–H groups in total. The highest BCUT2D eigenvalue weighted by atomic mass is 35.5. The number of piperazine rings is 1. The van der Waals surface area contributed by atoms with E-state index in [9.17, 15) is 22.4 Å². The number of benzene rings is 1. The monoisotopic (exact) mass is 616 g/mol. The molecule has 1 amide bonds. The molecule has 0 unspecified atom stereocenters. The Hall–Kier alpha value is -3.87. The summed E-state index contributed by atoms with van der Waals surface area (Å²) in [5.74, 6) is -0.681. The smallest absolute Gasteiger partial charge is 0.350 e. The third-order valence-corrected chi connectivity index (χ3v) is 8.54. The van der Waals surface area contributed by atoms with Gasteiger partial charge in [0.25, 0.3) is 0 Å². The Morgan fingerprint density at radius 3 is 2.59 bits per heavy atom. The first-order valence-electron chi connectivity index (χ1n) is 12.3. The van der Waals surface area contributed by atoms with Gasteiger partial charge >= 0.3 is 5.69 Å². The third-order valence-electron chi connectivity index (χ3n) is 6.79. The van der Waals surface area contributed by atoms with E-state index < -0.39 is 21.3 Å². The summed E-state index contributed by atoms with van der Waals surface area (Å²) in [6, 6.07) is 6.58. The second-order valence-corrected chi connectivity index (χ2v) is 12.3. The number of rotatable bonds is 5. The maximum absolute atomic E-state index is 15.0. The van der Waals surface area contributed by atoms with Gasteiger partial charge in [0.05, 0.1) is 43.5 Å². The van der Waals surface area contributed by atoms with E-state index in [0.29, 0.717) is 25.0 Å². The number of aromatic nitrogens is 4. The summed E-state index contributed by atoms with van der Waals surface area (Å²) in [6.07, 6.45) is 4.74. The Bertz CT molecular complexity index is 1880. The highest BCUT2D eigenvalue weighted by molar-refractivity contribution is 7.90. The van der Waals surface area contributed by atoms with Crippen molar-refractivity contribution in [1.82, 2.24) is 24.4 Å². The molecule has 4 heterocycles. The number of pyridine rings is 2. The minimum absolute atomic E-state index is 0.0281. The highest BCUT2D eigenvalue weighted by Crippen LogP contribution is 2.38. The summed E-state index contributed by atoms with van der Waals surface area (Å²) < 4.78 is 41.3. The van der Waals surface area contributed by atoms with Crippen LogP contribution >= 0.6 is 23.2 Å². The van der Waals surface area contributed by atoms with Crippen LogP contribution < -0.4 is 10.6 Å². The zero-order valence-electron chi connectivity index (χ0n) is 21.9. The summed E-state index contributed by atoms with van der Waals surface area (Å²) in [6.45, 7) is 6.41. The molecule has 1 aromatic carbocycles. The molecule has 1 aliphatic heterocycles. The first-order valence-corrected chi connectivity index (χ1v) is 15.0. The molecule has 1 aliphatic rings. The number of hydrogen-bond donors (Lipinski definition) is 0. The van der Waals surface area contributed by atoms with Gasteiger partial charge in [0.2, 0.25) is 5.91 Å². The number of nitrogens with zero attached hydrogens (tertiary/aromatic N) is 6. The average molecular weight is 617 g/mol. The molecule has 41 heavy (non-hydrogen) atoms. The quantitative estimate of drug-likeness (QED) is 0.310. The van der Waals surface area contributed by atoms with Crippen LogP contribution in [0.25, 0.3) is 28.0 Å². The lowest BCUT2D eigenvalue weighted by Gasteiger charge is -2.40. The maximum atomic E-state index is 15.0. The lowest BCUT2D eigenvalue weighted by Crippen LogP contribution is -2.54. The Balaban J connectivity index is 1.83. The van der Waals surface area contributed by atoms with Crippen LogP contribution in [-0.4, -0.2) is 70.7 Å². The molecule has 0 radical (unpaired) electrons. The largest absolute Gasteiger partial charge is 0.355 e. The van der Waals surface area contributed by atoms with Crippen LogP contribution in [0.3, 0.4) is 0 Å². The van der Waals surface area contributed by atoms with Gasteiger partial charge in [-0.25, -0.2) is 27.2 Å². The van der Waals surface area contributed by atoms with Crippen molar-refractivity contribution in [3.63, 3.8) is 0 Å². The van der Waals surface area contributed by atoms with Gasteiger partial charge in [-0.1, -0.05) is 35.8 Å². The lowest BCUT2D eigenvalue weighted by molar-refractivity contribution is -0.126. The van der Waals surface area contributed by atoms with Crippen molar-refractivity contribution >= 4 is 55.8 Å². The lowest BCUT2D eigenvalue weighted by atomic mass is 10.1. The molecule has 1 fully saturated rings. The van der Waals surface area contributed by atoms with Crippen molar-refractivity contribution in [2.75, 3.05) is 30.8 Å². The number of carbonyl (C=O) groups excluding carboxylic acids is 1. The molecule has 3 aromatic heterocycles. The predicted octanol–water partition coefficient (Wildman–Crippen LogP) is 3.92. The Morgan fingerprint density at radius 1 is 1.17 bits per heavy atom. The first-order chi connectivity index (χ1) is 19.4. The number of sulfone groups is 1. The van der Waals surface area contributed by atoms with Crippen molar-refractivity contribution in [3.8, 4) is 16.9 Å². The maximum Gasteiger partial charge on any atom is 0.355 e. The van der Waals surface area contributed by atoms with Crippen LogP contribution in [0.1, 0.15) is 6.92 Å². The fourth-order valence-corrected chi connectivity index (χ4v) is 6.23. The zero-order valence-corrected chi connectivity index (χ0v) is 24.2. The Kier molecular flexibility index (Phi) is 7.58. The number of halogens is 3. The van der Waals surface area contributed by atoms with Crippen LogP contribution in [0.4, 0.5) is 10.2 Å². The average Bonchev–Trinajstić information content (AvgIpc) is 2.92. The summed E-state index contributed by atoms with van der Waals surface area (Å²) >= 11 is 13.0. The molecule has 0 aliphatic carbocycles. The van der Waals surface area contributed by atoms with E-state index in [1.54, 1.807) is 4.90 Å². The van der Waals surface area contributed by atoms with Crippen LogP contribution in [0.15, 0.2) is 65.1 Å². The molecule has 10 nitrogen and oxygen atoms in total. The van der Waals surface area contributed by atoms with E-state index in [0.717, 1.165) is 10.8 Å². The van der Waals surface area contributed by atoms with Crippen LogP contribution in [-0.2, 0) is 14.6 Å². The van der Waals surface area contributed by atoms with Crippen molar-refractivity contribution < 1.29 is 17.6 Å². The molecule has 1 saturated heterocycles. The van der Waals surface area contributed by atoms with Crippen molar-refractivity contribution in [2.45, 2.75) is 17.9 Å². The van der Waals surface area contributed by atoms with Gasteiger partial charge in [-0.15, -0.1) is 0 Å². The number of carbonyl (C=O) groups is 1. The van der Waals surface area contributed by atoms with E-state index in [1.165, 1.54) is 48.8 Å². The predicted molar refractivity (Wildman–Crippen MR) is 155 cm³/mol. The molecule has 1 atom stereocenters. The van der Waals surface area contributed by atoms with E-state index in [4.69, 9.17) is 23.2 Å². The van der Waals surface area contributed by atoms with Crippen molar-refractivity contribution in [2.24, 2.45) is 0 Å². The number of amides is 1. The second kappa shape index (κ2) is 10.8. The van der Waals surface area contributed by atoms with E-state index in [2.05, 4.69) is 21.5 Å². The summed E-state index contributed by atoms with van der Waals surface area (Å²) in [4.78, 5) is 42.2. The summed E-state index contributed by atoms with van der Waals surface area (Å²) in [5.41, 5.74) is -1.10. The fourth-order valence-electron chi connectivity index (χ4n) is 4.90. The minimum Gasteiger partial charge on any atom is -0.350 e. The third kappa shape index (κ3) is 5.18. The van der Waals surface area contributed by atoms with E-state index in [-0.39, 0.29) is 55.3 Å². The summed E-state index contributed by atoms with van der Waals surface area (Å²) in [7, 11) is -3.83. The van der Waals surface area contributed by atoms with Crippen molar-refractivity contribution in [3.05, 3.63) is 81.7 Å². The van der Waals surface area contributed by atoms with Gasteiger partial charge in [-0.05, 0) is 37.3 Å². The topological polar surface area (TPSA) is 118 Å². The van der Waals surface area contributed by atoms with Gasteiger partial charge in [0.1, 0.15) is 11.6 Å². The molecular formula is C27H23Cl2FN6O4S. The van der Waals surface area contributed by atoms with Crippen LogP contribution in [0.5, 0.6) is 0 Å². The first kappa shape index (κ1) is 28.7. The molecule has 0 bridgehead atoms. The number of fused-ring (bicyclic) bond motifs is 1. The van der Waals surface area contributed by atoms with Gasteiger partial charge in [0, 0.05) is 38.1 Å². The van der Waals surface area contributed by atoms with Gasteiger partial charge < -0.3 is 9.80 Å². The standard InChI is InChI=1S/C27H23Cl2FN6O4S/c1-4-22(37)34-10-11-35(15(2)14-34)25-16-12-18(29)24(23-17(28)6-5-7-19(23)30)32-26(16)36(27(38)33-25)20-13-31-9-8-21(20)41(3,39)40/h4-9,12-13,15H,1,10-11,14H2,2-3H3/t15-/m0/s1. The molecule has 14 heteroatoms. The second-order valence-electron chi connectivity index (χ2n) is 9.49. The Labute approximate surface area is 244 Å². The van der Waals surface area contributed by atoms with Gasteiger partial charge in [0.15, 0.2) is 15.5 Å². The zero-order chi connectivity index (χ0) is 29.6. The van der Waals surface area contributed by atoms with Crippen LogP contribution in [0, 0.1) is 5.82 Å². The molecule has 0 saturated carbocycles. The summed E-state index contributed by atoms with van der Waals surface area (Å²) in [5, 5.41) is 0.363. The molecule has 5 rings (SSSR count). The molecule has 0 spiro atoms. The number of anilines is 1. The van der Waals surface area contributed by atoms with E-state index in [1.807, 2.05) is 11.8 Å². The minimum atomic E-state index is -3.83. The fraction of sp³-hybridized carbons (Fsp3) is 0.222.